The van der Waals surface area contributed by atoms with Gasteiger partial charge in [0.15, 0.2) is 0 Å². The first-order chi connectivity index (χ1) is 29.7. The van der Waals surface area contributed by atoms with Crippen LogP contribution in [-0.2, 0) is 0 Å². The fourth-order valence-corrected chi connectivity index (χ4v) is 9.72. The maximum Gasteiger partial charge on any atom is -0.00201 e. The zero-order chi connectivity index (χ0) is 39.6. The fraction of sp³-hybridized carbons (Fsp3) is 0. The molecule has 60 heavy (non-hydrogen) atoms. The summed E-state index contributed by atoms with van der Waals surface area (Å²) in [7, 11) is 0. The molecule has 0 bridgehead atoms. The molecule has 0 nitrogen and oxygen atoms in total. The van der Waals surface area contributed by atoms with Crippen LogP contribution >= 0.6 is 0 Å². The lowest BCUT2D eigenvalue weighted by Crippen LogP contribution is -1.91. The highest BCUT2D eigenvalue weighted by Crippen LogP contribution is 2.45. The summed E-state index contributed by atoms with van der Waals surface area (Å²) >= 11 is 0. The van der Waals surface area contributed by atoms with Crippen LogP contribution in [0.4, 0.5) is 0 Å². The Labute approximate surface area is 349 Å². The van der Waals surface area contributed by atoms with Gasteiger partial charge in [-0.2, -0.15) is 0 Å². The van der Waals surface area contributed by atoms with E-state index in [9.17, 15) is 0 Å². The molecule has 0 aliphatic rings. The minimum Gasteiger partial charge on any atom is -0.0616 e. The summed E-state index contributed by atoms with van der Waals surface area (Å²) in [5, 5.41) is 15.1. The minimum absolute atomic E-state index is 1.21. The molecule has 0 fully saturated rings. The van der Waals surface area contributed by atoms with E-state index < -0.39 is 0 Å². The average molecular weight is 759 g/mol. The highest BCUT2D eigenvalue weighted by atomic mass is 14.2. The SMILES string of the molecule is c1cc(-c2ccc3c(-c4cc5ccccc5c5ccccc45)c4cc(-c5cccc(-c6cccc7ccccc67)c5)ccc4cc3c2)cc(-c2cccc3ccccc23)c1. The van der Waals surface area contributed by atoms with Crippen molar-refractivity contribution in [3.8, 4) is 55.6 Å². The summed E-state index contributed by atoms with van der Waals surface area (Å²) in [5.74, 6) is 0. The van der Waals surface area contributed by atoms with E-state index in [2.05, 4.69) is 231 Å². The number of fused-ring (bicyclic) bond motifs is 7. The van der Waals surface area contributed by atoms with E-state index in [-0.39, 0.29) is 0 Å². The predicted octanol–water partition coefficient (Wildman–Crippen LogP) is 16.9. The molecular weight excluding hydrogens is 721 g/mol. The lowest BCUT2D eigenvalue weighted by Gasteiger charge is -2.18. The Hall–Kier alpha value is -7.80. The molecular formula is C60H38. The third kappa shape index (κ3) is 5.69. The minimum atomic E-state index is 1.21. The van der Waals surface area contributed by atoms with Crippen molar-refractivity contribution in [2.75, 3.05) is 0 Å². The second kappa shape index (κ2) is 13.9. The molecule has 0 aliphatic carbocycles. The standard InChI is InChI=1S/C60H38/c1-4-22-50-39(13-1)16-11-27-52(50)45-20-9-18-41(33-45)43-31-32-55-49(35-43)36-48-30-29-44(42-19-10-21-46(34-42)53-28-12-17-40-14-2-5-23-51(40)53)37-58(48)60(55)59-38-47-15-3-6-24-54(47)56-25-7-8-26-57(56)59/h1-38H. The molecule has 0 N–H and O–H groups in total. The van der Waals surface area contributed by atoms with Gasteiger partial charge in [0.25, 0.3) is 0 Å². The molecule has 0 amide bonds. The zero-order valence-corrected chi connectivity index (χ0v) is 32.9. The molecule has 0 saturated heterocycles. The maximum atomic E-state index is 2.43. The van der Waals surface area contributed by atoms with Crippen molar-refractivity contribution in [1.29, 1.82) is 0 Å². The Morgan fingerprint density at radius 1 is 0.167 bits per heavy atom. The molecule has 278 valence electrons. The van der Waals surface area contributed by atoms with Gasteiger partial charge in [-0.25, -0.2) is 0 Å². The van der Waals surface area contributed by atoms with Crippen molar-refractivity contribution in [1.82, 2.24) is 0 Å². The number of hydrogen-bond donors (Lipinski definition) is 0. The largest absolute Gasteiger partial charge is 0.0616 e. The third-order valence-corrected chi connectivity index (χ3v) is 12.6. The van der Waals surface area contributed by atoms with E-state index >= 15 is 0 Å². The van der Waals surface area contributed by atoms with Crippen LogP contribution in [-0.4, -0.2) is 0 Å². The fourth-order valence-electron chi connectivity index (χ4n) is 9.72. The summed E-state index contributed by atoms with van der Waals surface area (Å²) in [4.78, 5) is 0. The summed E-state index contributed by atoms with van der Waals surface area (Å²) < 4.78 is 0. The van der Waals surface area contributed by atoms with Gasteiger partial charge >= 0.3 is 0 Å². The lowest BCUT2D eigenvalue weighted by molar-refractivity contribution is 1.61. The average Bonchev–Trinajstić information content (AvgIpc) is 3.32. The van der Waals surface area contributed by atoms with Crippen LogP contribution in [0, 0.1) is 0 Å². The van der Waals surface area contributed by atoms with Crippen molar-refractivity contribution >= 4 is 64.6 Å². The molecule has 12 aromatic rings. The van der Waals surface area contributed by atoms with Crippen LogP contribution in [0.15, 0.2) is 231 Å². The Bertz CT molecular complexity index is 3650. The summed E-state index contributed by atoms with van der Waals surface area (Å²) in [5.41, 5.74) is 12.3. The van der Waals surface area contributed by atoms with Crippen molar-refractivity contribution in [2.45, 2.75) is 0 Å². The normalized spacial score (nSPS) is 11.7. The highest BCUT2D eigenvalue weighted by Gasteiger charge is 2.17. The Kier molecular flexibility index (Phi) is 7.96. The van der Waals surface area contributed by atoms with Gasteiger partial charge < -0.3 is 0 Å². The second-order valence-electron chi connectivity index (χ2n) is 16.0. The van der Waals surface area contributed by atoms with E-state index in [1.54, 1.807) is 0 Å². The van der Waals surface area contributed by atoms with Gasteiger partial charge in [0, 0.05) is 0 Å². The summed E-state index contributed by atoms with van der Waals surface area (Å²) in [6.45, 7) is 0. The molecule has 0 heterocycles. The molecule has 0 atom stereocenters. The molecule has 0 aromatic heterocycles. The van der Waals surface area contributed by atoms with Gasteiger partial charge in [0.2, 0.25) is 0 Å². The van der Waals surface area contributed by atoms with E-state index in [1.165, 1.54) is 120 Å². The molecule has 0 radical (unpaired) electrons. The zero-order valence-electron chi connectivity index (χ0n) is 32.9. The molecule has 12 aromatic carbocycles. The lowest BCUT2D eigenvalue weighted by atomic mass is 9.85. The second-order valence-corrected chi connectivity index (χ2v) is 16.0. The van der Waals surface area contributed by atoms with Crippen molar-refractivity contribution in [3.63, 3.8) is 0 Å². The molecule has 0 aliphatic heterocycles. The first-order valence-electron chi connectivity index (χ1n) is 20.8. The molecule has 0 heteroatoms. The number of rotatable bonds is 5. The van der Waals surface area contributed by atoms with Crippen molar-refractivity contribution in [2.24, 2.45) is 0 Å². The van der Waals surface area contributed by atoms with Crippen LogP contribution in [0.3, 0.4) is 0 Å². The Morgan fingerprint density at radius 2 is 0.633 bits per heavy atom. The Balaban J connectivity index is 1.07. The van der Waals surface area contributed by atoms with Gasteiger partial charge in [0.05, 0.1) is 0 Å². The smallest absolute Gasteiger partial charge is 0.00201 e. The Morgan fingerprint density at radius 3 is 1.30 bits per heavy atom. The first kappa shape index (κ1) is 34.3. The van der Waals surface area contributed by atoms with Gasteiger partial charge in [0.1, 0.15) is 0 Å². The van der Waals surface area contributed by atoms with Gasteiger partial charge in [-0.1, -0.05) is 194 Å². The van der Waals surface area contributed by atoms with Crippen molar-refractivity contribution in [3.05, 3.63) is 231 Å². The topological polar surface area (TPSA) is 0 Å². The van der Waals surface area contributed by atoms with E-state index in [0.29, 0.717) is 0 Å². The number of benzene rings is 12. The van der Waals surface area contributed by atoms with Crippen LogP contribution in [0.1, 0.15) is 0 Å². The van der Waals surface area contributed by atoms with Crippen LogP contribution in [0.25, 0.3) is 120 Å². The highest BCUT2D eigenvalue weighted by molar-refractivity contribution is 6.22. The van der Waals surface area contributed by atoms with Gasteiger partial charge in [-0.05, 0) is 157 Å². The van der Waals surface area contributed by atoms with Crippen LogP contribution < -0.4 is 0 Å². The van der Waals surface area contributed by atoms with E-state index in [4.69, 9.17) is 0 Å². The van der Waals surface area contributed by atoms with E-state index in [0.717, 1.165) is 0 Å². The quantitative estimate of drug-likeness (QED) is 0.121. The molecule has 0 saturated carbocycles. The monoisotopic (exact) mass is 758 g/mol. The van der Waals surface area contributed by atoms with Crippen LogP contribution in [0.5, 0.6) is 0 Å². The molecule has 12 rings (SSSR count). The van der Waals surface area contributed by atoms with Crippen LogP contribution in [0.2, 0.25) is 0 Å². The maximum absolute atomic E-state index is 2.43. The summed E-state index contributed by atoms with van der Waals surface area (Å²) in [6, 6.07) is 85.3. The number of hydrogen-bond acceptors (Lipinski definition) is 0. The molecule has 0 spiro atoms. The van der Waals surface area contributed by atoms with Gasteiger partial charge in [-0.3, -0.25) is 0 Å². The van der Waals surface area contributed by atoms with Gasteiger partial charge in [-0.15, -0.1) is 0 Å². The molecule has 0 unspecified atom stereocenters. The third-order valence-electron chi connectivity index (χ3n) is 12.6. The van der Waals surface area contributed by atoms with E-state index in [1.807, 2.05) is 0 Å². The predicted molar refractivity (Wildman–Crippen MR) is 259 cm³/mol. The van der Waals surface area contributed by atoms with Crippen molar-refractivity contribution < 1.29 is 0 Å². The summed E-state index contributed by atoms with van der Waals surface area (Å²) in [6.07, 6.45) is 0. The first-order valence-corrected chi connectivity index (χ1v) is 20.8.